The smallest absolute Gasteiger partial charge is 0.162 e. The highest BCUT2D eigenvalue weighted by Crippen LogP contribution is 2.38. The molecule has 7 heteroatoms. The SMILES string of the molecule is CCCN(CCC)c1nn(C)c2cc(Oc3ccnc4cc(OC)c(OC)cc34)ccc12. The van der Waals surface area contributed by atoms with Gasteiger partial charge in [-0.3, -0.25) is 9.67 Å². The molecule has 0 aliphatic heterocycles. The van der Waals surface area contributed by atoms with Crippen LogP contribution in [0.2, 0.25) is 0 Å². The molecule has 0 amide bonds. The van der Waals surface area contributed by atoms with Crippen LogP contribution in [0, 0.1) is 0 Å². The van der Waals surface area contributed by atoms with Gasteiger partial charge in [-0.15, -0.1) is 0 Å². The standard InChI is InChI=1S/C25H30N4O3/c1-6-12-29(13-7-2)25-18-9-8-17(14-21(18)28(3)27-25)32-22-10-11-26-20-16-24(31-5)23(30-4)15-19(20)22/h8-11,14-16H,6-7,12-13H2,1-5H3. The highest BCUT2D eigenvalue weighted by molar-refractivity contribution is 5.92. The molecule has 168 valence electrons. The first-order valence-corrected chi connectivity index (χ1v) is 11.0. The van der Waals surface area contributed by atoms with Gasteiger partial charge in [0.05, 0.1) is 25.3 Å². The van der Waals surface area contributed by atoms with Crippen LogP contribution in [0.25, 0.3) is 21.8 Å². The van der Waals surface area contributed by atoms with E-state index in [1.807, 2.05) is 42.1 Å². The molecule has 2 heterocycles. The third-order valence-corrected chi connectivity index (χ3v) is 5.52. The monoisotopic (exact) mass is 434 g/mol. The number of aromatic nitrogens is 3. The summed E-state index contributed by atoms with van der Waals surface area (Å²) in [5.41, 5.74) is 1.81. The summed E-state index contributed by atoms with van der Waals surface area (Å²) in [5, 5.41) is 6.80. The molecule has 4 aromatic rings. The maximum absolute atomic E-state index is 6.30. The fraction of sp³-hybridized carbons (Fsp3) is 0.360. The van der Waals surface area contributed by atoms with Gasteiger partial charge in [-0.25, -0.2) is 0 Å². The minimum Gasteiger partial charge on any atom is -0.493 e. The van der Waals surface area contributed by atoms with Gasteiger partial charge >= 0.3 is 0 Å². The van der Waals surface area contributed by atoms with E-state index < -0.39 is 0 Å². The van der Waals surface area contributed by atoms with E-state index >= 15 is 0 Å². The van der Waals surface area contributed by atoms with Crippen LogP contribution in [0.4, 0.5) is 5.82 Å². The third kappa shape index (κ3) is 4.02. The highest BCUT2D eigenvalue weighted by atomic mass is 16.5. The molecule has 0 atom stereocenters. The van der Waals surface area contributed by atoms with Crippen LogP contribution >= 0.6 is 0 Å². The molecule has 32 heavy (non-hydrogen) atoms. The molecule has 2 aromatic carbocycles. The van der Waals surface area contributed by atoms with Gasteiger partial charge in [0.1, 0.15) is 11.5 Å². The Bertz CT molecular complexity index is 1230. The van der Waals surface area contributed by atoms with Crippen molar-refractivity contribution < 1.29 is 14.2 Å². The number of rotatable bonds is 9. The average molecular weight is 435 g/mol. The second-order valence-corrected chi connectivity index (χ2v) is 7.75. The maximum atomic E-state index is 6.30. The number of pyridine rings is 1. The maximum Gasteiger partial charge on any atom is 0.162 e. The third-order valence-electron chi connectivity index (χ3n) is 5.52. The molecule has 0 radical (unpaired) electrons. The van der Waals surface area contributed by atoms with Crippen molar-refractivity contribution in [3.05, 3.63) is 42.6 Å². The van der Waals surface area contributed by atoms with Crippen molar-refractivity contribution in [3.8, 4) is 23.0 Å². The fourth-order valence-electron chi connectivity index (χ4n) is 4.04. The summed E-state index contributed by atoms with van der Waals surface area (Å²) < 4.78 is 19.1. The van der Waals surface area contributed by atoms with Crippen molar-refractivity contribution in [1.82, 2.24) is 14.8 Å². The second-order valence-electron chi connectivity index (χ2n) is 7.75. The number of ether oxygens (including phenoxy) is 3. The first-order chi connectivity index (χ1) is 15.6. The molecule has 0 aliphatic carbocycles. The van der Waals surface area contributed by atoms with Crippen LogP contribution in [-0.2, 0) is 7.05 Å². The van der Waals surface area contributed by atoms with Gasteiger partial charge in [0, 0.05) is 49.2 Å². The quantitative estimate of drug-likeness (QED) is 0.344. The number of fused-ring (bicyclic) bond motifs is 2. The Kier molecular flexibility index (Phi) is 6.35. The van der Waals surface area contributed by atoms with Gasteiger partial charge in [0.2, 0.25) is 0 Å². The number of aryl methyl sites for hydroxylation is 1. The van der Waals surface area contributed by atoms with Gasteiger partial charge < -0.3 is 19.1 Å². The van der Waals surface area contributed by atoms with Crippen LogP contribution in [0.15, 0.2) is 42.6 Å². The molecule has 4 rings (SSSR count). The van der Waals surface area contributed by atoms with Crippen molar-refractivity contribution in [1.29, 1.82) is 0 Å². The molecular weight excluding hydrogens is 404 g/mol. The van der Waals surface area contributed by atoms with E-state index in [9.17, 15) is 0 Å². The zero-order valence-electron chi connectivity index (χ0n) is 19.4. The molecule has 7 nitrogen and oxygen atoms in total. The molecule has 0 fully saturated rings. The second kappa shape index (κ2) is 9.34. The molecule has 2 aromatic heterocycles. The van der Waals surface area contributed by atoms with E-state index in [2.05, 4.69) is 29.8 Å². The number of hydrogen-bond donors (Lipinski definition) is 0. The van der Waals surface area contributed by atoms with Crippen molar-refractivity contribution in [2.24, 2.45) is 7.05 Å². The van der Waals surface area contributed by atoms with E-state index in [-0.39, 0.29) is 0 Å². The Balaban J connectivity index is 1.72. The predicted molar refractivity (Wildman–Crippen MR) is 128 cm³/mol. The number of nitrogens with zero attached hydrogens (tertiary/aromatic N) is 4. The predicted octanol–water partition coefficient (Wildman–Crippen LogP) is 5.56. The Morgan fingerprint density at radius 3 is 2.28 bits per heavy atom. The normalized spacial score (nSPS) is 11.2. The van der Waals surface area contributed by atoms with Crippen LogP contribution in [0.5, 0.6) is 23.0 Å². The van der Waals surface area contributed by atoms with Crippen molar-refractivity contribution in [2.45, 2.75) is 26.7 Å². The number of benzene rings is 2. The zero-order chi connectivity index (χ0) is 22.7. The van der Waals surface area contributed by atoms with Crippen LogP contribution in [-0.4, -0.2) is 42.1 Å². The van der Waals surface area contributed by atoms with Gasteiger partial charge in [0.25, 0.3) is 0 Å². The molecule has 0 saturated heterocycles. The first-order valence-electron chi connectivity index (χ1n) is 11.0. The lowest BCUT2D eigenvalue weighted by atomic mass is 10.1. The topological polar surface area (TPSA) is 61.6 Å². The summed E-state index contributed by atoms with van der Waals surface area (Å²) in [5.74, 6) is 3.75. The molecule has 0 spiro atoms. The van der Waals surface area contributed by atoms with Crippen molar-refractivity contribution >= 4 is 27.6 Å². The Hall–Kier alpha value is -3.48. The summed E-state index contributed by atoms with van der Waals surface area (Å²) in [6.07, 6.45) is 3.91. The van der Waals surface area contributed by atoms with Crippen LogP contribution in [0.3, 0.4) is 0 Å². The molecule has 0 saturated carbocycles. The lowest BCUT2D eigenvalue weighted by Crippen LogP contribution is -2.25. The van der Waals surface area contributed by atoms with Crippen molar-refractivity contribution in [2.75, 3.05) is 32.2 Å². The lowest BCUT2D eigenvalue weighted by molar-refractivity contribution is 0.355. The summed E-state index contributed by atoms with van der Waals surface area (Å²) >= 11 is 0. The number of hydrogen-bond acceptors (Lipinski definition) is 6. The number of anilines is 1. The molecule has 0 N–H and O–H groups in total. The highest BCUT2D eigenvalue weighted by Gasteiger charge is 2.16. The minimum atomic E-state index is 0.636. The van der Waals surface area contributed by atoms with E-state index in [1.54, 1.807) is 20.4 Å². The van der Waals surface area contributed by atoms with E-state index in [0.29, 0.717) is 17.2 Å². The van der Waals surface area contributed by atoms with Gasteiger partial charge in [-0.2, -0.15) is 5.10 Å². The van der Waals surface area contributed by atoms with Gasteiger partial charge in [-0.1, -0.05) is 13.8 Å². The van der Waals surface area contributed by atoms with E-state index in [0.717, 1.165) is 59.3 Å². The minimum absolute atomic E-state index is 0.636. The van der Waals surface area contributed by atoms with E-state index in [4.69, 9.17) is 19.3 Å². The van der Waals surface area contributed by atoms with Gasteiger partial charge in [-0.05, 0) is 37.1 Å². The summed E-state index contributed by atoms with van der Waals surface area (Å²) in [6.45, 7) is 6.38. The Morgan fingerprint density at radius 1 is 0.875 bits per heavy atom. The largest absolute Gasteiger partial charge is 0.493 e. The van der Waals surface area contributed by atoms with Crippen molar-refractivity contribution in [3.63, 3.8) is 0 Å². The molecule has 0 aliphatic rings. The van der Waals surface area contributed by atoms with Gasteiger partial charge in [0.15, 0.2) is 17.3 Å². The van der Waals surface area contributed by atoms with Crippen LogP contribution in [0.1, 0.15) is 26.7 Å². The summed E-state index contributed by atoms with van der Waals surface area (Å²) in [6, 6.07) is 11.7. The summed E-state index contributed by atoms with van der Waals surface area (Å²) in [4.78, 5) is 6.81. The Labute approximate surface area is 188 Å². The molecule has 0 unspecified atom stereocenters. The fourth-order valence-corrected chi connectivity index (χ4v) is 4.04. The zero-order valence-corrected chi connectivity index (χ0v) is 19.4. The lowest BCUT2D eigenvalue weighted by Gasteiger charge is -2.21. The Morgan fingerprint density at radius 2 is 1.59 bits per heavy atom. The molecular formula is C25H30N4O3. The summed E-state index contributed by atoms with van der Waals surface area (Å²) in [7, 11) is 5.21. The average Bonchev–Trinajstić information content (AvgIpc) is 3.14. The first kappa shape index (κ1) is 21.7. The number of methoxy groups -OCH3 is 2. The molecule has 0 bridgehead atoms. The van der Waals surface area contributed by atoms with Crippen LogP contribution < -0.4 is 19.1 Å². The van der Waals surface area contributed by atoms with E-state index in [1.165, 1.54) is 0 Å².